The Balaban J connectivity index is 2.04. The molecule has 2 aromatic rings. The first-order valence-corrected chi connectivity index (χ1v) is 7.94. The van der Waals surface area contributed by atoms with Crippen LogP contribution in [0.15, 0.2) is 48.5 Å². The minimum atomic E-state index is -1.02. The van der Waals surface area contributed by atoms with Crippen LogP contribution in [0.3, 0.4) is 0 Å². The molecule has 0 radical (unpaired) electrons. The molecule has 124 valence electrons. The second kappa shape index (κ2) is 6.35. The van der Waals surface area contributed by atoms with Gasteiger partial charge in [-0.3, -0.25) is 4.79 Å². The molecular formula is C19H20N2O3. The van der Waals surface area contributed by atoms with Crippen LogP contribution in [0.1, 0.15) is 29.3 Å². The Morgan fingerprint density at radius 2 is 1.96 bits per heavy atom. The molecule has 0 spiro atoms. The number of nitrogens with one attached hydrogen (secondary N) is 2. The van der Waals surface area contributed by atoms with E-state index in [0.29, 0.717) is 18.4 Å². The van der Waals surface area contributed by atoms with Crippen molar-refractivity contribution >= 4 is 23.3 Å². The summed E-state index contributed by atoms with van der Waals surface area (Å²) in [7, 11) is 1.34. The number of benzene rings is 2. The average molecular weight is 324 g/mol. The van der Waals surface area contributed by atoms with Gasteiger partial charge in [-0.15, -0.1) is 0 Å². The number of ether oxygens (including phenoxy) is 1. The Kier molecular flexibility index (Phi) is 4.25. The maximum Gasteiger partial charge on any atom is 0.331 e. The molecule has 0 fully saturated rings. The standard InChI is InChI=1S/C19H20N2O3/c1-3-19(18(23)24-2)12-15-14(17(22)21-19)10-7-11-16(15)20-13-8-5-4-6-9-13/h4-11,20H,3,12H2,1-2H3,(H,21,22). The number of rotatable bonds is 4. The van der Waals surface area contributed by atoms with Crippen LogP contribution in [0.25, 0.3) is 0 Å². The van der Waals surface area contributed by atoms with Crippen LogP contribution in [0.4, 0.5) is 11.4 Å². The molecule has 24 heavy (non-hydrogen) atoms. The minimum Gasteiger partial charge on any atom is -0.467 e. The third kappa shape index (κ3) is 2.73. The SMILES string of the molecule is CCC1(C(=O)OC)Cc2c(Nc3ccccc3)cccc2C(=O)N1. The Bertz CT molecular complexity index is 773. The Morgan fingerprint density at radius 1 is 1.21 bits per heavy atom. The first-order chi connectivity index (χ1) is 11.6. The second-order valence-corrected chi connectivity index (χ2v) is 5.88. The summed E-state index contributed by atoms with van der Waals surface area (Å²) >= 11 is 0. The summed E-state index contributed by atoms with van der Waals surface area (Å²) in [5.41, 5.74) is 2.15. The lowest BCUT2D eigenvalue weighted by Crippen LogP contribution is -2.59. The van der Waals surface area contributed by atoms with Crippen LogP contribution in [0.5, 0.6) is 0 Å². The highest BCUT2D eigenvalue weighted by atomic mass is 16.5. The van der Waals surface area contributed by atoms with Crippen LogP contribution in [0.2, 0.25) is 0 Å². The van der Waals surface area contributed by atoms with E-state index in [4.69, 9.17) is 4.74 Å². The Hall–Kier alpha value is -2.82. The molecule has 1 aliphatic heterocycles. The molecule has 1 atom stereocenters. The summed E-state index contributed by atoms with van der Waals surface area (Å²) in [4.78, 5) is 24.8. The lowest BCUT2D eigenvalue weighted by molar-refractivity contribution is -0.148. The minimum absolute atomic E-state index is 0.250. The second-order valence-electron chi connectivity index (χ2n) is 5.88. The van der Waals surface area contributed by atoms with E-state index in [1.54, 1.807) is 6.07 Å². The fourth-order valence-corrected chi connectivity index (χ4v) is 3.09. The summed E-state index contributed by atoms with van der Waals surface area (Å²) in [6.07, 6.45) is 0.859. The first-order valence-electron chi connectivity index (χ1n) is 7.94. The van der Waals surface area contributed by atoms with E-state index < -0.39 is 11.5 Å². The lowest BCUT2D eigenvalue weighted by Gasteiger charge is -2.36. The van der Waals surface area contributed by atoms with Gasteiger partial charge in [0, 0.05) is 23.4 Å². The number of hydrogen-bond acceptors (Lipinski definition) is 4. The number of hydrogen-bond donors (Lipinski definition) is 2. The van der Waals surface area contributed by atoms with Crippen LogP contribution < -0.4 is 10.6 Å². The third-order valence-corrected chi connectivity index (χ3v) is 4.48. The van der Waals surface area contributed by atoms with Gasteiger partial charge in [-0.1, -0.05) is 31.2 Å². The van der Waals surface area contributed by atoms with Gasteiger partial charge in [0.1, 0.15) is 5.54 Å². The molecule has 1 aliphatic rings. The molecule has 1 amide bonds. The van der Waals surface area contributed by atoms with Crippen molar-refractivity contribution in [3.63, 3.8) is 0 Å². The quantitative estimate of drug-likeness (QED) is 0.848. The molecule has 0 saturated carbocycles. The van der Waals surface area contributed by atoms with Crippen LogP contribution >= 0.6 is 0 Å². The van der Waals surface area contributed by atoms with Crippen molar-refractivity contribution in [2.75, 3.05) is 12.4 Å². The van der Waals surface area contributed by atoms with E-state index in [9.17, 15) is 9.59 Å². The number of esters is 1. The molecule has 3 rings (SSSR count). The first kappa shape index (κ1) is 16.1. The van der Waals surface area contributed by atoms with Crippen molar-refractivity contribution in [3.05, 3.63) is 59.7 Å². The summed E-state index contributed by atoms with van der Waals surface area (Å²) in [5, 5.41) is 6.18. The van der Waals surface area contributed by atoms with Gasteiger partial charge in [-0.25, -0.2) is 4.79 Å². The number of methoxy groups -OCH3 is 1. The molecule has 0 saturated heterocycles. The summed E-state index contributed by atoms with van der Waals surface area (Å²) in [5.74, 6) is -0.668. The summed E-state index contributed by atoms with van der Waals surface area (Å²) < 4.78 is 4.93. The Labute approximate surface area is 141 Å². The fraction of sp³-hybridized carbons (Fsp3) is 0.263. The lowest BCUT2D eigenvalue weighted by atomic mass is 9.81. The number of amides is 1. The molecule has 0 aliphatic carbocycles. The number of para-hydroxylation sites is 1. The van der Waals surface area contributed by atoms with Crippen molar-refractivity contribution in [2.45, 2.75) is 25.3 Å². The fourth-order valence-electron chi connectivity index (χ4n) is 3.09. The van der Waals surface area contributed by atoms with E-state index in [0.717, 1.165) is 16.9 Å². The van der Waals surface area contributed by atoms with Crippen LogP contribution in [-0.2, 0) is 16.0 Å². The highest BCUT2D eigenvalue weighted by Gasteiger charge is 2.44. The van der Waals surface area contributed by atoms with E-state index in [1.807, 2.05) is 49.4 Å². The molecule has 1 unspecified atom stereocenters. The number of carbonyl (C=O) groups excluding carboxylic acids is 2. The van der Waals surface area contributed by atoms with E-state index in [1.165, 1.54) is 7.11 Å². The predicted molar refractivity (Wildman–Crippen MR) is 92.4 cm³/mol. The van der Waals surface area contributed by atoms with Gasteiger partial charge in [-0.05, 0) is 36.2 Å². The third-order valence-electron chi connectivity index (χ3n) is 4.48. The van der Waals surface area contributed by atoms with Crippen LogP contribution in [-0.4, -0.2) is 24.5 Å². The molecule has 5 nitrogen and oxygen atoms in total. The molecule has 5 heteroatoms. The van der Waals surface area contributed by atoms with Crippen molar-refractivity contribution in [2.24, 2.45) is 0 Å². The largest absolute Gasteiger partial charge is 0.467 e. The molecule has 2 N–H and O–H groups in total. The maximum atomic E-state index is 12.5. The van der Waals surface area contributed by atoms with Crippen molar-refractivity contribution in [1.29, 1.82) is 0 Å². The Morgan fingerprint density at radius 3 is 2.62 bits per heavy atom. The van der Waals surface area contributed by atoms with Crippen LogP contribution in [0, 0.1) is 0 Å². The van der Waals surface area contributed by atoms with Gasteiger partial charge in [0.2, 0.25) is 0 Å². The van der Waals surface area contributed by atoms with Gasteiger partial charge in [-0.2, -0.15) is 0 Å². The van der Waals surface area contributed by atoms with E-state index >= 15 is 0 Å². The zero-order chi connectivity index (χ0) is 17.2. The van der Waals surface area contributed by atoms with Gasteiger partial charge in [0.05, 0.1) is 7.11 Å². The summed E-state index contributed by atoms with van der Waals surface area (Å²) in [6, 6.07) is 15.3. The van der Waals surface area contributed by atoms with Crippen molar-refractivity contribution in [1.82, 2.24) is 5.32 Å². The van der Waals surface area contributed by atoms with Gasteiger partial charge < -0.3 is 15.4 Å². The highest BCUT2D eigenvalue weighted by molar-refractivity contribution is 6.03. The van der Waals surface area contributed by atoms with E-state index in [-0.39, 0.29) is 5.91 Å². The monoisotopic (exact) mass is 324 g/mol. The zero-order valence-corrected chi connectivity index (χ0v) is 13.8. The average Bonchev–Trinajstić information content (AvgIpc) is 2.62. The van der Waals surface area contributed by atoms with Gasteiger partial charge in [0.25, 0.3) is 5.91 Å². The molecular weight excluding hydrogens is 304 g/mol. The number of anilines is 2. The van der Waals surface area contributed by atoms with Crippen molar-refractivity contribution in [3.8, 4) is 0 Å². The highest BCUT2D eigenvalue weighted by Crippen LogP contribution is 2.33. The summed E-state index contributed by atoms with van der Waals surface area (Å²) in [6.45, 7) is 1.87. The normalized spacial score (nSPS) is 19.2. The number of carbonyl (C=O) groups is 2. The maximum absolute atomic E-state index is 12.5. The molecule has 2 aromatic carbocycles. The zero-order valence-electron chi connectivity index (χ0n) is 13.8. The van der Waals surface area contributed by atoms with E-state index in [2.05, 4.69) is 10.6 Å². The predicted octanol–water partition coefficient (Wildman–Crippen LogP) is 3.04. The number of fused-ring (bicyclic) bond motifs is 1. The topological polar surface area (TPSA) is 67.4 Å². The van der Waals surface area contributed by atoms with Crippen molar-refractivity contribution < 1.29 is 14.3 Å². The van der Waals surface area contributed by atoms with Gasteiger partial charge >= 0.3 is 5.97 Å². The molecule has 1 heterocycles. The molecule has 0 bridgehead atoms. The smallest absolute Gasteiger partial charge is 0.331 e. The van der Waals surface area contributed by atoms with Gasteiger partial charge in [0.15, 0.2) is 0 Å². The molecule has 0 aromatic heterocycles.